The quantitative estimate of drug-likeness (QED) is 0.782. The maximum Gasteiger partial charge on any atom is 0.279 e. The van der Waals surface area contributed by atoms with Gasteiger partial charge in [0.15, 0.2) is 0 Å². The Kier molecular flexibility index (Phi) is 2.98. The molecule has 0 aliphatic heterocycles. The second-order valence-corrected chi connectivity index (χ2v) is 4.18. The highest BCUT2D eigenvalue weighted by Crippen LogP contribution is 2.19. The Morgan fingerprint density at radius 1 is 1.35 bits per heavy atom. The summed E-state index contributed by atoms with van der Waals surface area (Å²) in [6.07, 6.45) is 0. The van der Waals surface area contributed by atoms with Crippen LogP contribution < -0.4 is 0 Å². The Morgan fingerprint density at radius 2 is 2.06 bits per heavy atom. The third-order valence-corrected chi connectivity index (χ3v) is 2.68. The van der Waals surface area contributed by atoms with Gasteiger partial charge in [0, 0.05) is 5.69 Å². The number of carbonyl (C=O) groups excluding carboxylic acids is 1. The van der Waals surface area contributed by atoms with Crippen LogP contribution in [0, 0.1) is 19.7 Å². The normalized spacial score (nSPS) is 10.6. The number of carbonyl (C=O) groups is 1. The van der Waals surface area contributed by atoms with Gasteiger partial charge in [-0.15, -0.1) is 0 Å². The maximum absolute atomic E-state index is 12.9. The van der Waals surface area contributed by atoms with E-state index < -0.39 is 5.82 Å². The highest BCUT2D eigenvalue weighted by atomic mass is 35.5. The molecule has 1 heterocycles. The van der Waals surface area contributed by atoms with E-state index >= 15 is 0 Å². The molecule has 5 heteroatoms. The largest absolute Gasteiger partial charge is 0.279 e. The van der Waals surface area contributed by atoms with Gasteiger partial charge >= 0.3 is 0 Å². The molecular weight excluding hydrogens is 243 g/mol. The predicted molar refractivity (Wildman–Crippen MR) is 62.8 cm³/mol. The van der Waals surface area contributed by atoms with Crippen LogP contribution in [0.3, 0.4) is 0 Å². The first-order valence-corrected chi connectivity index (χ1v) is 5.40. The van der Waals surface area contributed by atoms with Crippen LogP contribution in [-0.4, -0.2) is 15.7 Å². The van der Waals surface area contributed by atoms with E-state index in [0.29, 0.717) is 5.69 Å². The molecule has 17 heavy (non-hydrogen) atoms. The Morgan fingerprint density at radius 3 is 2.59 bits per heavy atom. The average Bonchev–Trinajstić information content (AvgIpc) is 2.57. The molecule has 0 aliphatic rings. The van der Waals surface area contributed by atoms with Gasteiger partial charge in [-0.2, -0.15) is 5.10 Å². The minimum Gasteiger partial charge on any atom is -0.267 e. The third-order valence-electron chi connectivity index (χ3n) is 2.36. The molecule has 0 bridgehead atoms. The van der Waals surface area contributed by atoms with Crippen LogP contribution in [-0.2, 0) is 0 Å². The first kappa shape index (κ1) is 11.8. The highest BCUT2D eigenvalue weighted by molar-refractivity contribution is 6.33. The van der Waals surface area contributed by atoms with Crippen LogP contribution >= 0.6 is 11.6 Å². The summed E-state index contributed by atoms with van der Waals surface area (Å²) in [6.45, 7) is 3.57. The lowest BCUT2D eigenvalue weighted by Gasteiger charge is -2.05. The van der Waals surface area contributed by atoms with Gasteiger partial charge < -0.3 is 0 Å². The summed E-state index contributed by atoms with van der Waals surface area (Å²) in [5.74, 6) is -0.833. The third kappa shape index (κ3) is 2.22. The Balaban J connectivity index is 2.47. The SMILES string of the molecule is Cc1cc(C)n(C(=O)c2ccc(F)cc2Cl)n1. The Bertz CT molecular complexity index is 592. The van der Waals surface area contributed by atoms with Gasteiger partial charge in [-0.05, 0) is 38.1 Å². The molecule has 3 nitrogen and oxygen atoms in total. The molecule has 2 rings (SSSR count). The van der Waals surface area contributed by atoms with Crippen molar-refractivity contribution in [3.63, 3.8) is 0 Å². The Labute approximate surface area is 103 Å². The molecule has 0 amide bonds. The number of benzene rings is 1. The molecule has 0 saturated carbocycles. The molecule has 2 aromatic rings. The fourth-order valence-electron chi connectivity index (χ4n) is 1.61. The first-order valence-electron chi connectivity index (χ1n) is 5.02. The molecule has 0 radical (unpaired) electrons. The van der Waals surface area contributed by atoms with Crippen LogP contribution in [0.1, 0.15) is 21.7 Å². The highest BCUT2D eigenvalue weighted by Gasteiger charge is 2.16. The monoisotopic (exact) mass is 252 g/mol. The zero-order valence-electron chi connectivity index (χ0n) is 9.37. The maximum atomic E-state index is 12.9. The van der Waals surface area contributed by atoms with Crippen LogP contribution in [0.15, 0.2) is 24.3 Å². The number of rotatable bonds is 1. The number of nitrogens with zero attached hydrogens (tertiary/aromatic N) is 2. The van der Waals surface area contributed by atoms with Crippen molar-refractivity contribution in [1.29, 1.82) is 0 Å². The smallest absolute Gasteiger partial charge is 0.267 e. The second kappa shape index (κ2) is 4.30. The molecule has 0 aliphatic carbocycles. The van der Waals surface area contributed by atoms with Crippen molar-refractivity contribution in [3.8, 4) is 0 Å². The summed E-state index contributed by atoms with van der Waals surface area (Å²) in [6, 6.07) is 5.46. The lowest BCUT2D eigenvalue weighted by Crippen LogP contribution is -2.15. The standard InChI is InChI=1S/C12H10ClFN2O/c1-7-5-8(2)16(15-7)12(17)10-4-3-9(14)6-11(10)13/h3-6H,1-2H3. The summed E-state index contributed by atoms with van der Waals surface area (Å²) in [4.78, 5) is 12.1. The van der Waals surface area contributed by atoms with E-state index in [4.69, 9.17) is 11.6 Å². The molecule has 1 aromatic carbocycles. The molecule has 0 unspecified atom stereocenters. The van der Waals surface area contributed by atoms with E-state index in [-0.39, 0.29) is 16.5 Å². The number of aromatic nitrogens is 2. The first-order chi connectivity index (χ1) is 7.99. The van der Waals surface area contributed by atoms with Gasteiger partial charge in [-0.3, -0.25) is 4.79 Å². The number of aryl methyl sites for hydroxylation is 2. The van der Waals surface area contributed by atoms with Crippen molar-refractivity contribution < 1.29 is 9.18 Å². The molecule has 0 N–H and O–H groups in total. The van der Waals surface area contributed by atoms with E-state index in [0.717, 1.165) is 11.8 Å². The van der Waals surface area contributed by atoms with Crippen molar-refractivity contribution >= 4 is 17.5 Å². The zero-order chi connectivity index (χ0) is 12.6. The summed E-state index contributed by atoms with van der Waals surface area (Å²) in [7, 11) is 0. The van der Waals surface area contributed by atoms with Crippen molar-refractivity contribution in [2.45, 2.75) is 13.8 Å². The van der Waals surface area contributed by atoms with E-state index in [2.05, 4.69) is 5.10 Å². The number of halogens is 2. The van der Waals surface area contributed by atoms with Crippen molar-refractivity contribution in [2.24, 2.45) is 0 Å². The van der Waals surface area contributed by atoms with Crippen LogP contribution in [0.25, 0.3) is 0 Å². The molecule has 0 saturated heterocycles. The number of hydrogen-bond donors (Lipinski definition) is 0. The molecular formula is C12H10ClFN2O. The van der Waals surface area contributed by atoms with Gasteiger partial charge in [0.05, 0.1) is 16.3 Å². The molecule has 0 atom stereocenters. The van der Waals surface area contributed by atoms with Crippen molar-refractivity contribution in [3.05, 3.63) is 52.1 Å². The summed E-state index contributed by atoms with van der Waals surface area (Å²) >= 11 is 5.83. The van der Waals surface area contributed by atoms with Crippen molar-refractivity contribution in [1.82, 2.24) is 9.78 Å². The molecule has 0 fully saturated rings. The van der Waals surface area contributed by atoms with Crippen molar-refractivity contribution in [2.75, 3.05) is 0 Å². The van der Waals surface area contributed by atoms with Gasteiger partial charge in [-0.1, -0.05) is 11.6 Å². The minimum absolute atomic E-state index is 0.0857. The topological polar surface area (TPSA) is 34.9 Å². The van der Waals surface area contributed by atoms with E-state index in [1.165, 1.54) is 16.8 Å². The van der Waals surface area contributed by atoms with E-state index in [9.17, 15) is 9.18 Å². The van der Waals surface area contributed by atoms with Gasteiger partial charge in [0.2, 0.25) is 0 Å². The van der Waals surface area contributed by atoms with Crippen LogP contribution in [0.4, 0.5) is 4.39 Å². The van der Waals surface area contributed by atoms with E-state index in [1.807, 2.05) is 0 Å². The lowest BCUT2D eigenvalue weighted by atomic mass is 10.2. The minimum atomic E-state index is -0.472. The van der Waals surface area contributed by atoms with Crippen LogP contribution in [0.5, 0.6) is 0 Å². The fraction of sp³-hybridized carbons (Fsp3) is 0.167. The second-order valence-electron chi connectivity index (χ2n) is 3.77. The van der Waals surface area contributed by atoms with Gasteiger partial charge in [0.1, 0.15) is 5.82 Å². The molecule has 88 valence electrons. The van der Waals surface area contributed by atoms with Gasteiger partial charge in [0.25, 0.3) is 5.91 Å². The zero-order valence-corrected chi connectivity index (χ0v) is 10.1. The molecule has 1 aromatic heterocycles. The predicted octanol–water partition coefficient (Wildman–Crippen LogP) is 2.98. The average molecular weight is 253 g/mol. The fourth-order valence-corrected chi connectivity index (χ4v) is 1.86. The van der Waals surface area contributed by atoms with Gasteiger partial charge in [-0.25, -0.2) is 9.07 Å². The summed E-state index contributed by atoms with van der Waals surface area (Å²) in [5.41, 5.74) is 1.70. The summed E-state index contributed by atoms with van der Waals surface area (Å²) < 4.78 is 14.1. The molecule has 0 spiro atoms. The van der Waals surface area contributed by atoms with E-state index in [1.54, 1.807) is 19.9 Å². The number of hydrogen-bond acceptors (Lipinski definition) is 2. The Hall–Kier alpha value is -1.68. The lowest BCUT2D eigenvalue weighted by molar-refractivity contribution is 0.0942. The summed E-state index contributed by atoms with van der Waals surface area (Å²) in [5, 5.41) is 4.15. The van der Waals surface area contributed by atoms with Crippen LogP contribution in [0.2, 0.25) is 5.02 Å².